The molecule has 1 N–H and O–H groups in total. The van der Waals surface area contributed by atoms with Crippen molar-refractivity contribution in [3.63, 3.8) is 0 Å². The zero-order chi connectivity index (χ0) is 13.0. The molecule has 0 aliphatic carbocycles. The van der Waals surface area contributed by atoms with Gasteiger partial charge in [0.2, 0.25) is 0 Å². The van der Waals surface area contributed by atoms with Crippen LogP contribution in [-0.2, 0) is 4.74 Å². The molecule has 18 heavy (non-hydrogen) atoms. The molecule has 4 heteroatoms. The third-order valence-corrected chi connectivity index (χ3v) is 4.68. The largest absolute Gasteiger partial charge is 0.381 e. The Labute approximate surface area is 114 Å². The summed E-state index contributed by atoms with van der Waals surface area (Å²) in [6, 6.07) is 5.43. The fraction of sp³-hybridized carbons (Fsp3) is 0.714. The van der Waals surface area contributed by atoms with Gasteiger partial charge < -0.3 is 15.0 Å². The van der Waals surface area contributed by atoms with Crippen molar-refractivity contribution >= 4 is 11.3 Å². The summed E-state index contributed by atoms with van der Waals surface area (Å²) in [6.07, 6.45) is 1.13. The summed E-state index contributed by atoms with van der Waals surface area (Å²) >= 11 is 1.84. The van der Waals surface area contributed by atoms with Gasteiger partial charge in [-0.25, -0.2) is 0 Å². The highest BCUT2D eigenvalue weighted by Gasteiger charge is 2.23. The minimum absolute atomic E-state index is 0.472. The maximum Gasteiger partial charge on any atom is 0.0561 e. The smallest absolute Gasteiger partial charge is 0.0561 e. The molecule has 2 heterocycles. The summed E-state index contributed by atoms with van der Waals surface area (Å²) in [4.78, 5) is 3.73. The number of hydrogen-bond donors (Lipinski definition) is 1. The molecule has 3 unspecified atom stereocenters. The van der Waals surface area contributed by atoms with E-state index < -0.39 is 0 Å². The maximum absolute atomic E-state index is 5.49. The van der Waals surface area contributed by atoms with Crippen molar-refractivity contribution in [1.29, 1.82) is 0 Å². The van der Waals surface area contributed by atoms with Crippen LogP contribution in [0.2, 0.25) is 0 Å². The van der Waals surface area contributed by atoms with Gasteiger partial charge in [-0.1, -0.05) is 13.0 Å². The number of hydrogen-bond acceptors (Lipinski definition) is 4. The first kappa shape index (κ1) is 14.0. The Morgan fingerprint density at radius 2 is 2.39 bits per heavy atom. The van der Waals surface area contributed by atoms with Gasteiger partial charge in [0.1, 0.15) is 0 Å². The summed E-state index contributed by atoms with van der Waals surface area (Å²) in [6.45, 7) is 5.08. The predicted molar refractivity (Wildman–Crippen MR) is 77.1 cm³/mol. The van der Waals surface area contributed by atoms with Gasteiger partial charge in [-0.2, -0.15) is 0 Å². The average Bonchev–Trinajstić information content (AvgIpc) is 2.85. The molecule has 3 nitrogen and oxygen atoms in total. The van der Waals surface area contributed by atoms with Crippen molar-refractivity contribution in [2.24, 2.45) is 5.92 Å². The lowest BCUT2D eigenvalue weighted by molar-refractivity contribution is 0.0374. The maximum atomic E-state index is 5.49. The van der Waals surface area contributed by atoms with Gasteiger partial charge in [-0.3, -0.25) is 0 Å². The van der Waals surface area contributed by atoms with Crippen molar-refractivity contribution in [2.75, 3.05) is 33.9 Å². The average molecular weight is 268 g/mol. The molecule has 1 aliphatic rings. The van der Waals surface area contributed by atoms with E-state index in [1.165, 1.54) is 4.88 Å². The summed E-state index contributed by atoms with van der Waals surface area (Å²) in [5.74, 6) is 0.616. The van der Waals surface area contributed by atoms with Crippen molar-refractivity contribution in [3.8, 4) is 0 Å². The predicted octanol–water partition coefficient (Wildman–Crippen LogP) is 2.37. The Morgan fingerprint density at radius 1 is 1.56 bits per heavy atom. The lowest BCUT2D eigenvalue weighted by Crippen LogP contribution is -2.44. The van der Waals surface area contributed by atoms with Crippen LogP contribution in [0, 0.1) is 5.92 Å². The second-order valence-corrected chi connectivity index (χ2v) is 6.33. The van der Waals surface area contributed by atoms with Crippen molar-refractivity contribution in [3.05, 3.63) is 22.4 Å². The van der Waals surface area contributed by atoms with E-state index in [-0.39, 0.29) is 0 Å². The van der Waals surface area contributed by atoms with Crippen LogP contribution in [0.1, 0.15) is 24.3 Å². The minimum atomic E-state index is 0.472. The van der Waals surface area contributed by atoms with Gasteiger partial charge >= 0.3 is 0 Å². The van der Waals surface area contributed by atoms with E-state index in [0.29, 0.717) is 18.0 Å². The van der Waals surface area contributed by atoms with E-state index in [9.17, 15) is 0 Å². The van der Waals surface area contributed by atoms with Crippen LogP contribution in [0.4, 0.5) is 0 Å². The topological polar surface area (TPSA) is 24.5 Å². The van der Waals surface area contributed by atoms with Gasteiger partial charge in [-0.05, 0) is 37.9 Å². The van der Waals surface area contributed by atoms with Gasteiger partial charge in [-0.15, -0.1) is 11.3 Å². The van der Waals surface area contributed by atoms with E-state index in [4.69, 9.17) is 4.74 Å². The molecular weight excluding hydrogens is 244 g/mol. The molecule has 2 rings (SSSR count). The highest BCUT2D eigenvalue weighted by atomic mass is 32.1. The normalized spacial score (nSPS) is 26.4. The number of rotatable bonds is 5. The van der Waals surface area contributed by atoms with Crippen LogP contribution in [0.3, 0.4) is 0 Å². The summed E-state index contributed by atoms with van der Waals surface area (Å²) in [5, 5.41) is 5.88. The number of likely N-dealkylation sites (N-methyl/N-ethyl adjacent to an activating group) is 1. The lowest BCUT2D eigenvalue weighted by Gasteiger charge is -2.32. The van der Waals surface area contributed by atoms with E-state index in [1.54, 1.807) is 0 Å². The van der Waals surface area contributed by atoms with Gasteiger partial charge in [0.15, 0.2) is 0 Å². The molecule has 0 bridgehead atoms. The molecule has 0 saturated carbocycles. The molecule has 1 aromatic heterocycles. The number of ether oxygens (including phenoxy) is 1. The molecule has 1 fully saturated rings. The molecule has 1 aromatic rings. The van der Waals surface area contributed by atoms with Crippen LogP contribution in [-0.4, -0.2) is 44.8 Å². The zero-order valence-corrected chi connectivity index (χ0v) is 12.4. The Morgan fingerprint density at radius 3 is 3.00 bits per heavy atom. The molecule has 1 saturated heterocycles. The number of nitrogens with zero attached hydrogens (tertiary/aromatic N) is 1. The van der Waals surface area contributed by atoms with E-state index >= 15 is 0 Å². The molecule has 0 spiro atoms. The fourth-order valence-corrected chi connectivity index (χ4v) is 3.39. The zero-order valence-electron chi connectivity index (χ0n) is 11.6. The van der Waals surface area contributed by atoms with E-state index in [1.807, 2.05) is 11.3 Å². The Balaban J connectivity index is 1.90. The third-order valence-electron chi connectivity index (χ3n) is 3.71. The highest BCUT2D eigenvalue weighted by Crippen LogP contribution is 2.23. The highest BCUT2D eigenvalue weighted by molar-refractivity contribution is 7.10. The molecule has 0 amide bonds. The fourth-order valence-electron chi connectivity index (χ4n) is 2.46. The van der Waals surface area contributed by atoms with Crippen LogP contribution in [0.15, 0.2) is 17.5 Å². The van der Waals surface area contributed by atoms with Crippen molar-refractivity contribution < 1.29 is 4.74 Å². The Hall–Kier alpha value is -0.420. The summed E-state index contributed by atoms with van der Waals surface area (Å²) in [7, 11) is 4.30. The molecular formula is C14H24N2OS. The minimum Gasteiger partial charge on any atom is -0.381 e. The Kier molecular flexibility index (Phi) is 5.18. The second-order valence-electron chi connectivity index (χ2n) is 5.35. The molecule has 102 valence electrons. The van der Waals surface area contributed by atoms with Crippen LogP contribution in [0.25, 0.3) is 0 Å². The van der Waals surface area contributed by atoms with E-state index in [0.717, 1.165) is 26.2 Å². The molecule has 3 atom stereocenters. The molecule has 0 radical (unpaired) electrons. The standard InChI is InChI=1S/C14H24N2OS/c1-11-10-17-7-6-12(11)15-9-13(16(2)3)14-5-4-8-18-14/h4-5,8,11-13,15H,6-7,9-10H2,1-3H3. The van der Waals surface area contributed by atoms with Gasteiger partial charge in [0, 0.05) is 24.1 Å². The quantitative estimate of drug-likeness (QED) is 0.887. The number of thiophene rings is 1. The third kappa shape index (κ3) is 3.54. The van der Waals surface area contributed by atoms with Crippen LogP contribution in [0.5, 0.6) is 0 Å². The lowest BCUT2D eigenvalue weighted by atomic mass is 9.97. The number of nitrogens with one attached hydrogen (secondary N) is 1. The summed E-state index contributed by atoms with van der Waals surface area (Å²) < 4.78 is 5.49. The van der Waals surface area contributed by atoms with Gasteiger partial charge in [0.25, 0.3) is 0 Å². The van der Waals surface area contributed by atoms with Gasteiger partial charge in [0.05, 0.1) is 12.6 Å². The molecule has 1 aliphatic heterocycles. The van der Waals surface area contributed by atoms with Crippen LogP contribution < -0.4 is 5.32 Å². The van der Waals surface area contributed by atoms with E-state index in [2.05, 4.69) is 48.7 Å². The van der Waals surface area contributed by atoms with Crippen LogP contribution >= 0.6 is 11.3 Å². The SMILES string of the molecule is CC1COCCC1NCC(c1cccs1)N(C)C. The monoisotopic (exact) mass is 268 g/mol. The first-order chi connectivity index (χ1) is 8.68. The second kappa shape index (κ2) is 6.66. The van der Waals surface area contributed by atoms with Crippen molar-refractivity contribution in [1.82, 2.24) is 10.2 Å². The summed E-state index contributed by atoms with van der Waals surface area (Å²) in [5.41, 5.74) is 0. The molecule has 0 aromatic carbocycles. The van der Waals surface area contributed by atoms with Crippen molar-refractivity contribution in [2.45, 2.75) is 25.4 Å². The Bertz CT molecular complexity index is 340. The first-order valence-corrected chi connectivity index (χ1v) is 7.57. The first-order valence-electron chi connectivity index (χ1n) is 6.69.